The van der Waals surface area contributed by atoms with E-state index in [4.69, 9.17) is 4.74 Å². The van der Waals surface area contributed by atoms with Crippen LogP contribution < -0.4 is 16.0 Å². The predicted molar refractivity (Wildman–Crippen MR) is 96.5 cm³/mol. The van der Waals surface area contributed by atoms with E-state index < -0.39 is 11.7 Å². The normalized spacial score (nSPS) is 10.6. The van der Waals surface area contributed by atoms with Crippen molar-refractivity contribution in [2.24, 2.45) is 0 Å². The fourth-order valence-electron chi connectivity index (χ4n) is 1.73. The number of benzene rings is 1. The van der Waals surface area contributed by atoms with Gasteiger partial charge in [-0.2, -0.15) is 0 Å². The second kappa shape index (κ2) is 8.86. The molecule has 3 N–H and O–H groups in total. The Labute approximate surface area is 147 Å². The Morgan fingerprint density at radius 2 is 1.60 bits per heavy atom. The number of ether oxygens (including phenoxy) is 1. The zero-order chi connectivity index (χ0) is 19.0. The standard InChI is InChI=1S/C18H25N3O4/c1-12(2)15(22)19-10-11-20-16(23)13-6-8-14(9-7-13)21-17(24)25-18(3,4)5/h6-9H,1,10-11H2,2-5H3,(H,19,22)(H,20,23)(H,21,24). The van der Waals surface area contributed by atoms with Crippen molar-refractivity contribution in [2.75, 3.05) is 18.4 Å². The molecule has 0 aromatic heterocycles. The monoisotopic (exact) mass is 347 g/mol. The fraction of sp³-hybridized carbons (Fsp3) is 0.389. The summed E-state index contributed by atoms with van der Waals surface area (Å²) in [5.41, 5.74) is 0.809. The average molecular weight is 347 g/mol. The summed E-state index contributed by atoms with van der Waals surface area (Å²) in [6.07, 6.45) is -0.557. The van der Waals surface area contributed by atoms with Crippen molar-refractivity contribution in [3.63, 3.8) is 0 Å². The van der Waals surface area contributed by atoms with Gasteiger partial charge in [-0.05, 0) is 52.0 Å². The maximum Gasteiger partial charge on any atom is 0.412 e. The van der Waals surface area contributed by atoms with E-state index in [2.05, 4.69) is 22.5 Å². The molecule has 136 valence electrons. The molecule has 0 aliphatic rings. The number of carbonyl (C=O) groups is 3. The van der Waals surface area contributed by atoms with Gasteiger partial charge in [0.05, 0.1) is 0 Å². The summed E-state index contributed by atoms with van der Waals surface area (Å²) in [5, 5.41) is 7.90. The first-order chi connectivity index (χ1) is 11.6. The smallest absolute Gasteiger partial charge is 0.412 e. The highest BCUT2D eigenvalue weighted by molar-refractivity contribution is 5.95. The van der Waals surface area contributed by atoms with E-state index in [-0.39, 0.29) is 11.8 Å². The lowest BCUT2D eigenvalue weighted by Crippen LogP contribution is -2.34. The minimum atomic E-state index is -0.580. The van der Waals surface area contributed by atoms with Crippen molar-refractivity contribution in [2.45, 2.75) is 33.3 Å². The van der Waals surface area contributed by atoms with Crippen molar-refractivity contribution < 1.29 is 19.1 Å². The molecule has 0 fully saturated rings. The van der Waals surface area contributed by atoms with Crippen LogP contribution in [-0.4, -0.2) is 36.6 Å². The summed E-state index contributed by atoms with van der Waals surface area (Å²) in [5.74, 6) is -0.514. The summed E-state index contributed by atoms with van der Waals surface area (Å²) in [6.45, 7) is 11.1. The molecule has 7 nitrogen and oxygen atoms in total. The van der Waals surface area contributed by atoms with Gasteiger partial charge in [0.25, 0.3) is 5.91 Å². The largest absolute Gasteiger partial charge is 0.444 e. The van der Waals surface area contributed by atoms with Crippen LogP contribution in [0.25, 0.3) is 0 Å². The Kier molecular flexibility index (Phi) is 7.17. The molecule has 0 spiro atoms. The Bertz CT molecular complexity index is 645. The molecule has 0 unspecified atom stereocenters. The molecule has 1 aromatic carbocycles. The Hall–Kier alpha value is -2.83. The molecule has 0 saturated carbocycles. The highest BCUT2D eigenvalue weighted by Gasteiger charge is 2.16. The molecule has 3 amide bonds. The summed E-state index contributed by atoms with van der Waals surface area (Å²) in [6, 6.07) is 6.41. The van der Waals surface area contributed by atoms with Gasteiger partial charge in [0, 0.05) is 29.9 Å². The molecule has 7 heteroatoms. The third-order valence-corrected chi connectivity index (χ3v) is 2.88. The molecule has 1 rings (SSSR count). The van der Waals surface area contributed by atoms with Crippen LogP contribution in [0.5, 0.6) is 0 Å². The lowest BCUT2D eigenvalue weighted by Gasteiger charge is -2.19. The molecule has 0 heterocycles. The van der Waals surface area contributed by atoms with E-state index in [1.54, 1.807) is 52.0 Å². The maximum atomic E-state index is 12.0. The van der Waals surface area contributed by atoms with Crippen molar-refractivity contribution in [1.29, 1.82) is 0 Å². The molecular weight excluding hydrogens is 322 g/mol. The highest BCUT2D eigenvalue weighted by Crippen LogP contribution is 2.13. The molecule has 25 heavy (non-hydrogen) atoms. The van der Waals surface area contributed by atoms with Crippen LogP contribution >= 0.6 is 0 Å². The number of hydrogen-bond acceptors (Lipinski definition) is 4. The molecule has 0 saturated heterocycles. The topological polar surface area (TPSA) is 96.5 Å². The van der Waals surface area contributed by atoms with E-state index in [1.807, 2.05) is 0 Å². The predicted octanol–water partition coefficient (Wildman–Crippen LogP) is 2.46. The fourth-order valence-corrected chi connectivity index (χ4v) is 1.73. The number of anilines is 1. The third kappa shape index (κ3) is 8.01. The minimum absolute atomic E-state index is 0.244. The van der Waals surface area contributed by atoms with E-state index in [1.165, 1.54) is 0 Å². The minimum Gasteiger partial charge on any atom is -0.444 e. The molecule has 0 bridgehead atoms. The molecule has 0 aliphatic carbocycles. The van der Waals surface area contributed by atoms with Crippen LogP contribution in [0.3, 0.4) is 0 Å². The van der Waals surface area contributed by atoms with Crippen molar-refractivity contribution in [3.8, 4) is 0 Å². The van der Waals surface area contributed by atoms with Crippen LogP contribution in [0.2, 0.25) is 0 Å². The number of carbonyl (C=O) groups excluding carboxylic acids is 3. The third-order valence-electron chi connectivity index (χ3n) is 2.88. The van der Waals surface area contributed by atoms with Gasteiger partial charge in [-0.1, -0.05) is 6.58 Å². The molecule has 0 atom stereocenters. The van der Waals surface area contributed by atoms with Crippen LogP contribution in [-0.2, 0) is 9.53 Å². The number of nitrogens with one attached hydrogen (secondary N) is 3. The summed E-state index contributed by atoms with van der Waals surface area (Å²) < 4.78 is 5.15. The Morgan fingerprint density at radius 3 is 2.12 bits per heavy atom. The Balaban J connectivity index is 2.45. The van der Waals surface area contributed by atoms with Crippen molar-refractivity contribution in [1.82, 2.24) is 10.6 Å². The van der Waals surface area contributed by atoms with E-state index >= 15 is 0 Å². The quantitative estimate of drug-likeness (QED) is 0.544. The molecule has 0 radical (unpaired) electrons. The van der Waals surface area contributed by atoms with Crippen LogP contribution in [0.1, 0.15) is 38.1 Å². The Morgan fingerprint density at radius 1 is 1.04 bits per heavy atom. The summed E-state index contributed by atoms with van der Waals surface area (Å²) >= 11 is 0. The van der Waals surface area contributed by atoms with Crippen molar-refractivity contribution >= 4 is 23.6 Å². The number of amides is 3. The summed E-state index contributed by atoms with van der Waals surface area (Å²) in [7, 11) is 0. The van der Waals surface area contributed by atoms with Gasteiger partial charge in [-0.15, -0.1) is 0 Å². The molecule has 0 aliphatic heterocycles. The first-order valence-electron chi connectivity index (χ1n) is 7.90. The highest BCUT2D eigenvalue weighted by atomic mass is 16.6. The van der Waals surface area contributed by atoms with Gasteiger partial charge < -0.3 is 15.4 Å². The van der Waals surface area contributed by atoms with Gasteiger partial charge in [0.2, 0.25) is 5.91 Å². The van der Waals surface area contributed by atoms with Gasteiger partial charge in [0.1, 0.15) is 5.60 Å². The van der Waals surface area contributed by atoms with E-state index in [0.29, 0.717) is 29.9 Å². The second-order valence-corrected chi connectivity index (χ2v) is 6.50. The van der Waals surface area contributed by atoms with Gasteiger partial charge in [-0.3, -0.25) is 14.9 Å². The maximum absolute atomic E-state index is 12.0. The number of hydrogen-bond donors (Lipinski definition) is 3. The first-order valence-corrected chi connectivity index (χ1v) is 7.90. The average Bonchev–Trinajstić information content (AvgIpc) is 2.49. The van der Waals surface area contributed by atoms with Gasteiger partial charge >= 0.3 is 6.09 Å². The van der Waals surface area contributed by atoms with Crippen molar-refractivity contribution in [3.05, 3.63) is 42.0 Å². The van der Waals surface area contributed by atoms with Crippen LogP contribution in [0, 0.1) is 0 Å². The zero-order valence-electron chi connectivity index (χ0n) is 15.1. The van der Waals surface area contributed by atoms with E-state index in [0.717, 1.165) is 0 Å². The zero-order valence-corrected chi connectivity index (χ0v) is 15.1. The van der Waals surface area contributed by atoms with Crippen LogP contribution in [0.4, 0.5) is 10.5 Å². The lowest BCUT2D eigenvalue weighted by molar-refractivity contribution is -0.117. The van der Waals surface area contributed by atoms with Crippen LogP contribution in [0.15, 0.2) is 36.4 Å². The summed E-state index contributed by atoms with van der Waals surface area (Å²) in [4.78, 5) is 35.0. The van der Waals surface area contributed by atoms with E-state index in [9.17, 15) is 14.4 Å². The molecular formula is C18H25N3O4. The lowest BCUT2D eigenvalue weighted by atomic mass is 10.2. The SMILES string of the molecule is C=C(C)C(=O)NCCNC(=O)c1ccc(NC(=O)OC(C)(C)C)cc1. The second-order valence-electron chi connectivity index (χ2n) is 6.50. The van der Waals surface area contributed by atoms with Gasteiger partial charge in [-0.25, -0.2) is 4.79 Å². The van der Waals surface area contributed by atoms with Gasteiger partial charge in [0.15, 0.2) is 0 Å². The number of rotatable bonds is 6. The molecule has 1 aromatic rings. The first kappa shape index (κ1) is 20.2.